The second kappa shape index (κ2) is 8.90. The Kier molecular flexibility index (Phi) is 6.59. The van der Waals surface area contributed by atoms with E-state index in [0.29, 0.717) is 16.9 Å². The highest BCUT2D eigenvalue weighted by molar-refractivity contribution is 5.88. The van der Waals surface area contributed by atoms with E-state index in [9.17, 15) is 14.0 Å². The summed E-state index contributed by atoms with van der Waals surface area (Å²) in [5.41, 5.74) is -0.317. The molecule has 1 fully saturated rings. The lowest BCUT2D eigenvalue weighted by atomic mass is 10.0. The van der Waals surface area contributed by atoms with Gasteiger partial charge in [-0.05, 0) is 47.1 Å². The lowest BCUT2D eigenvalue weighted by Crippen LogP contribution is -2.50. The summed E-state index contributed by atoms with van der Waals surface area (Å²) in [6, 6.07) is 7.70. The fourth-order valence-electron chi connectivity index (χ4n) is 3.64. The van der Waals surface area contributed by atoms with Crippen molar-refractivity contribution in [1.82, 2.24) is 10.1 Å². The maximum absolute atomic E-state index is 14.1. The van der Waals surface area contributed by atoms with Gasteiger partial charge in [0.25, 0.3) is 0 Å². The van der Waals surface area contributed by atoms with Crippen LogP contribution < -0.4 is 0 Å². The number of amides is 1. The van der Waals surface area contributed by atoms with E-state index < -0.39 is 42.2 Å². The molecule has 1 aliphatic rings. The lowest BCUT2D eigenvalue weighted by molar-refractivity contribution is -0.0797. The van der Waals surface area contributed by atoms with Crippen LogP contribution in [0, 0.1) is 0 Å². The van der Waals surface area contributed by atoms with Gasteiger partial charge in [0.05, 0.1) is 12.6 Å². The number of ether oxygens (including phenoxy) is 3. The Hall–Kier alpha value is -2.94. The van der Waals surface area contributed by atoms with Gasteiger partial charge >= 0.3 is 12.1 Å². The molecule has 2 atom stereocenters. The topological polar surface area (TPSA) is 91.1 Å². The second-order valence-electron chi connectivity index (χ2n) is 8.98. The van der Waals surface area contributed by atoms with Gasteiger partial charge in [-0.25, -0.2) is 14.0 Å². The first kappa shape index (κ1) is 23.7. The van der Waals surface area contributed by atoms with Gasteiger partial charge in [0.1, 0.15) is 24.1 Å². The number of carbonyl (C=O) groups excluding carboxylic acids is 2. The first-order valence-electron chi connectivity index (χ1n) is 10.5. The molecule has 0 aliphatic carbocycles. The maximum Gasteiger partial charge on any atom is 0.413 e. The summed E-state index contributed by atoms with van der Waals surface area (Å²) in [6.45, 7) is 9.84. The summed E-state index contributed by atoms with van der Waals surface area (Å²) in [5, 5.41) is 3.73. The van der Waals surface area contributed by atoms with E-state index in [-0.39, 0.29) is 12.3 Å². The zero-order valence-electron chi connectivity index (χ0n) is 19.2. The fraction of sp³-hybridized carbons (Fsp3) is 0.522. The van der Waals surface area contributed by atoms with E-state index in [1.165, 1.54) is 11.0 Å². The molecule has 0 spiro atoms. The van der Waals surface area contributed by atoms with Crippen LogP contribution in [0.15, 0.2) is 34.9 Å². The van der Waals surface area contributed by atoms with Crippen molar-refractivity contribution in [2.75, 3.05) is 13.3 Å². The molecular weight excluding hydrogens is 419 g/mol. The Morgan fingerprint density at radius 3 is 2.44 bits per heavy atom. The number of halogens is 1. The third kappa shape index (κ3) is 4.93. The Morgan fingerprint density at radius 1 is 1.22 bits per heavy atom. The third-order valence-corrected chi connectivity index (χ3v) is 4.94. The fourth-order valence-corrected chi connectivity index (χ4v) is 3.64. The van der Waals surface area contributed by atoms with E-state index in [1.54, 1.807) is 65.8 Å². The molecular formula is C23H29FN2O6. The van der Waals surface area contributed by atoms with Crippen LogP contribution in [-0.2, 0) is 14.2 Å². The molecule has 2 aromatic rings. The largest absolute Gasteiger partial charge is 0.461 e. The van der Waals surface area contributed by atoms with E-state index in [4.69, 9.17) is 18.7 Å². The molecule has 9 heteroatoms. The Balaban J connectivity index is 1.82. The van der Waals surface area contributed by atoms with Crippen LogP contribution in [0.1, 0.15) is 63.7 Å². The average molecular weight is 448 g/mol. The van der Waals surface area contributed by atoms with Crippen molar-refractivity contribution < 1.29 is 32.7 Å². The van der Waals surface area contributed by atoms with Gasteiger partial charge in [-0.3, -0.25) is 4.90 Å². The number of alkyl halides is 1. The highest BCUT2D eigenvalue weighted by atomic mass is 19.1. The van der Waals surface area contributed by atoms with Crippen molar-refractivity contribution in [3.05, 3.63) is 41.6 Å². The first-order chi connectivity index (χ1) is 15.0. The average Bonchev–Trinajstić information content (AvgIpc) is 3.29. The van der Waals surface area contributed by atoms with Crippen LogP contribution in [-0.4, -0.2) is 52.8 Å². The van der Waals surface area contributed by atoms with Crippen molar-refractivity contribution in [2.45, 2.75) is 65.0 Å². The summed E-state index contributed by atoms with van der Waals surface area (Å²) in [6.07, 6.45) is -1.31. The van der Waals surface area contributed by atoms with Gasteiger partial charge in [0.15, 0.2) is 11.5 Å². The zero-order chi connectivity index (χ0) is 23.7. The normalized spacial score (nSPS) is 20.3. The van der Waals surface area contributed by atoms with Crippen LogP contribution in [0.5, 0.6) is 0 Å². The van der Waals surface area contributed by atoms with Crippen LogP contribution in [0.25, 0.3) is 11.3 Å². The molecule has 8 nitrogen and oxygen atoms in total. The standard InChI is InChI=1S/C23H29FN2O6/c1-7-29-20(27)16-12-18(32-25-16)14-8-10-15(11-9-14)19-17(13-24)26(23(5,6)30-19)21(28)31-22(2,3)4/h8-12,17,19H,7,13H2,1-6H3/t17?,19-/m1/s1. The Labute approximate surface area is 186 Å². The molecule has 0 radical (unpaired) electrons. The first-order valence-corrected chi connectivity index (χ1v) is 10.5. The molecule has 0 N–H and O–H groups in total. The molecule has 1 aromatic heterocycles. The van der Waals surface area contributed by atoms with E-state index in [2.05, 4.69) is 5.16 Å². The molecule has 1 unspecified atom stereocenters. The number of hydrogen-bond acceptors (Lipinski definition) is 7. The van der Waals surface area contributed by atoms with Crippen LogP contribution in [0.3, 0.4) is 0 Å². The highest BCUT2D eigenvalue weighted by Gasteiger charge is 2.51. The number of carbonyl (C=O) groups is 2. The van der Waals surface area contributed by atoms with Gasteiger partial charge in [-0.15, -0.1) is 0 Å². The number of esters is 1. The lowest BCUT2D eigenvalue weighted by Gasteiger charge is -2.34. The molecule has 0 bridgehead atoms. The van der Waals surface area contributed by atoms with E-state index in [1.807, 2.05) is 0 Å². The van der Waals surface area contributed by atoms with Gasteiger partial charge in [0.2, 0.25) is 0 Å². The smallest absolute Gasteiger partial charge is 0.413 e. The maximum atomic E-state index is 14.1. The Bertz CT molecular complexity index is 964. The molecule has 3 rings (SSSR count). The molecule has 32 heavy (non-hydrogen) atoms. The van der Waals surface area contributed by atoms with Crippen molar-refractivity contribution in [3.63, 3.8) is 0 Å². The zero-order valence-corrected chi connectivity index (χ0v) is 19.2. The van der Waals surface area contributed by atoms with Crippen LogP contribution >= 0.6 is 0 Å². The second-order valence-corrected chi connectivity index (χ2v) is 8.98. The van der Waals surface area contributed by atoms with E-state index in [0.717, 1.165) is 0 Å². The summed E-state index contributed by atoms with van der Waals surface area (Å²) >= 11 is 0. The molecule has 1 amide bonds. The van der Waals surface area contributed by atoms with Gasteiger partial charge in [-0.1, -0.05) is 29.4 Å². The van der Waals surface area contributed by atoms with Crippen molar-refractivity contribution in [1.29, 1.82) is 0 Å². The molecule has 2 heterocycles. The minimum atomic E-state index is -1.05. The summed E-state index contributed by atoms with van der Waals surface area (Å²) in [5.74, 6) is -0.168. The SMILES string of the molecule is CCOC(=O)c1cc(-c2ccc([C@H]3OC(C)(C)N(C(=O)OC(C)(C)C)C3CF)cc2)on1. The highest BCUT2D eigenvalue weighted by Crippen LogP contribution is 2.42. The number of benzene rings is 1. The predicted octanol–water partition coefficient (Wildman–Crippen LogP) is 4.90. The quantitative estimate of drug-likeness (QED) is 0.601. The number of hydrogen-bond donors (Lipinski definition) is 0. The number of nitrogens with zero attached hydrogens (tertiary/aromatic N) is 2. The van der Waals surface area contributed by atoms with Crippen molar-refractivity contribution >= 4 is 12.1 Å². The minimum Gasteiger partial charge on any atom is -0.461 e. The van der Waals surface area contributed by atoms with E-state index >= 15 is 0 Å². The third-order valence-electron chi connectivity index (χ3n) is 4.94. The minimum absolute atomic E-state index is 0.0808. The van der Waals surface area contributed by atoms with Crippen molar-refractivity contribution in [3.8, 4) is 11.3 Å². The number of rotatable bonds is 5. The molecule has 1 aromatic carbocycles. The van der Waals surface area contributed by atoms with Gasteiger partial charge < -0.3 is 18.7 Å². The van der Waals surface area contributed by atoms with Crippen molar-refractivity contribution in [2.24, 2.45) is 0 Å². The predicted molar refractivity (Wildman–Crippen MR) is 114 cm³/mol. The summed E-state index contributed by atoms with van der Waals surface area (Å²) < 4.78 is 35.8. The molecule has 174 valence electrons. The Morgan fingerprint density at radius 2 is 1.88 bits per heavy atom. The summed E-state index contributed by atoms with van der Waals surface area (Å²) in [7, 11) is 0. The monoisotopic (exact) mass is 448 g/mol. The van der Waals surface area contributed by atoms with Crippen LogP contribution in [0.2, 0.25) is 0 Å². The summed E-state index contributed by atoms with van der Waals surface area (Å²) in [4.78, 5) is 25.9. The molecule has 0 saturated carbocycles. The number of aromatic nitrogens is 1. The van der Waals surface area contributed by atoms with Crippen LogP contribution in [0.4, 0.5) is 9.18 Å². The van der Waals surface area contributed by atoms with Gasteiger partial charge in [0, 0.05) is 11.6 Å². The van der Waals surface area contributed by atoms with Gasteiger partial charge in [-0.2, -0.15) is 0 Å². The molecule has 1 saturated heterocycles. The molecule has 1 aliphatic heterocycles.